The first-order valence-electron chi connectivity index (χ1n) is 13.3. The minimum Gasteiger partial charge on any atom is -0.492 e. The van der Waals surface area contributed by atoms with Crippen LogP contribution in [0.2, 0.25) is 0 Å². The van der Waals surface area contributed by atoms with E-state index in [2.05, 4.69) is 26.7 Å². The summed E-state index contributed by atoms with van der Waals surface area (Å²) in [4.78, 5) is 23.5. The molecule has 2 heterocycles. The summed E-state index contributed by atoms with van der Waals surface area (Å²) >= 11 is 0. The van der Waals surface area contributed by atoms with E-state index >= 15 is 0 Å². The molecule has 2 aromatic carbocycles. The number of aryl methyl sites for hydroxylation is 2. The van der Waals surface area contributed by atoms with Crippen LogP contribution < -0.4 is 20.1 Å². The molecule has 0 saturated heterocycles. The number of hydrogen-bond acceptors (Lipinski definition) is 8. The Labute approximate surface area is 240 Å². The summed E-state index contributed by atoms with van der Waals surface area (Å²) < 4.78 is 11.8. The van der Waals surface area contributed by atoms with Gasteiger partial charge in [-0.3, -0.25) is 14.8 Å². The molecule has 1 amide bonds. The first-order valence-corrected chi connectivity index (χ1v) is 13.3. The lowest BCUT2D eigenvalue weighted by Crippen LogP contribution is -2.13. The monoisotopic (exact) mass is 550 g/mol. The van der Waals surface area contributed by atoms with Gasteiger partial charge >= 0.3 is 0 Å². The fourth-order valence-electron chi connectivity index (χ4n) is 4.18. The van der Waals surface area contributed by atoms with Gasteiger partial charge in [-0.25, -0.2) is 0 Å². The van der Waals surface area contributed by atoms with Crippen LogP contribution in [0.1, 0.15) is 29.3 Å². The molecule has 2 aromatic heterocycles. The van der Waals surface area contributed by atoms with Crippen molar-refractivity contribution >= 4 is 33.9 Å². The highest BCUT2D eigenvalue weighted by molar-refractivity contribution is 6.05. The molecule has 0 bridgehead atoms. The number of pyridine rings is 2. The van der Waals surface area contributed by atoms with Crippen molar-refractivity contribution in [3.05, 3.63) is 89.4 Å². The van der Waals surface area contributed by atoms with Gasteiger partial charge in [0.25, 0.3) is 0 Å². The molecule has 2 N–H and O–H groups in total. The molecule has 0 unspecified atom stereocenters. The number of nitriles is 1. The van der Waals surface area contributed by atoms with E-state index in [1.54, 1.807) is 24.4 Å². The molecule has 210 valence electrons. The van der Waals surface area contributed by atoms with Gasteiger partial charge in [-0.2, -0.15) is 5.26 Å². The molecule has 0 aliphatic rings. The van der Waals surface area contributed by atoms with Crippen molar-refractivity contribution < 1.29 is 14.3 Å². The molecule has 0 atom stereocenters. The van der Waals surface area contributed by atoms with Gasteiger partial charge in [0, 0.05) is 42.2 Å². The molecule has 0 spiro atoms. The number of hydrogen-bond donors (Lipinski definition) is 2. The molecule has 0 fully saturated rings. The van der Waals surface area contributed by atoms with Crippen LogP contribution in [0, 0.1) is 25.2 Å². The fourth-order valence-corrected chi connectivity index (χ4v) is 4.18. The number of anilines is 3. The van der Waals surface area contributed by atoms with Crippen molar-refractivity contribution in [2.45, 2.75) is 27.4 Å². The largest absolute Gasteiger partial charge is 0.492 e. The van der Waals surface area contributed by atoms with Crippen molar-refractivity contribution in [1.82, 2.24) is 14.9 Å². The van der Waals surface area contributed by atoms with Crippen molar-refractivity contribution in [2.24, 2.45) is 0 Å². The van der Waals surface area contributed by atoms with Crippen LogP contribution >= 0.6 is 0 Å². The summed E-state index contributed by atoms with van der Waals surface area (Å²) in [6, 6.07) is 15.4. The van der Waals surface area contributed by atoms with E-state index in [9.17, 15) is 10.1 Å². The van der Waals surface area contributed by atoms with E-state index in [-0.39, 0.29) is 5.91 Å². The van der Waals surface area contributed by atoms with Crippen molar-refractivity contribution in [3.8, 4) is 17.6 Å². The summed E-state index contributed by atoms with van der Waals surface area (Å²) in [5.41, 5.74) is 5.76. The molecule has 0 radical (unpaired) electrons. The lowest BCUT2D eigenvalue weighted by atomic mass is 10.1. The SMILES string of the molecule is CCOc1cc2ncc(C#N)c(Nc3ccc(OCc4ncccc4C)cc3C)c2cc1NC(=O)/C=C/CN(C)C. The molecule has 4 rings (SSSR count). The third kappa shape index (κ3) is 7.38. The van der Waals surface area contributed by atoms with Gasteiger partial charge in [-0.05, 0) is 76.3 Å². The number of amides is 1. The second kappa shape index (κ2) is 13.4. The van der Waals surface area contributed by atoms with Crippen LogP contribution in [0.5, 0.6) is 11.5 Å². The van der Waals surface area contributed by atoms with E-state index in [4.69, 9.17) is 9.47 Å². The van der Waals surface area contributed by atoms with Gasteiger partial charge in [-0.15, -0.1) is 0 Å². The maximum atomic E-state index is 12.7. The zero-order chi connectivity index (χ0) is 29.4. The van der Waals surface area contributed by atoms with Gasteiger partial charge in [0.1, 0.15) is 24.2 Å². The summed E-state index contributed by atoms with van der Waals surface area (Å²) in [5, 5.41) is 16.9. The Morgan fingerprint density at radius 3 is 2.61 bits per heavy atom. The number of rotatable bonds is 11. The van der Waals surface area contributed by atoms with Gasteiger partial charge in [-0.1, -0.05) is 12.1 Å². The number of carbonyl (C=O) groups is 1. The molecule has 41 heavy (non-hydrogen) atoms. The Hall–Kier alpha value is -4.94. The van der Waals surface area contributed by atoms with Crippen molar-refractivity contribution in [3.63, 3.8) is 0 Å². The number of benzene rings is 2. The Morgan fingerprint density at radius 2 is 1.90 bits per heavy atom. The standard InChI is InChI=1S/C32H34N6O3/c1-6-40-30-17-27-25(16-28(30)36-31(39)10-8-14-38(4)5)32(23(18-33)19-35-27)37-26-12-11-24(15-22(26)3)41-20-29-21(2)9-7-13-34-29/h7-13,15-17,19H,6,14,20H2,1-5H3,(H,35,37)(H,36,39)/b10-8+. The summed E-state index contributed by atoms with van der Waals surface area (Å²) in [6.07, 6.45) is 6.56. The van der Waals surface area contributed by atoms with E-state index in [1.807, 2.05) is 70.1 Å². The van der Waals surface area contributed by atoms with E-state index in [0.717, 1.165) is 22.5 Å². The van der Waals surface area contributed by atoms with E-state index in [0.29, 0.717) is 59.1 Å². The second-order valence-corrected chi connectivity index (χ2v) is 9.77. The topological polar surface area (TPSA) is 112 Å². The molecule has 9 nitrogen and oxygen atoms in total. The highest BCUT2D eigenvalue weighted by atomic mass is 16.5. The van der Waals surface area contributed by atoms with Gasteiger partial charge in [0.2, 0.25) is 5.91 Å². The summed E-state index contributed by atoms with van der Waals surface area (Å²) in [6.45, 7) is 7.27. The van der Waals surface area contributed by atoms with Crippen LogP contribution in [0.4, 0.5) is 17.1 Å². The Bertz CT molecular complexity index is 1620. The number of nitrogens with one attached hydrogen (secondary N) is 2. The first-order chi connectivity index (χ1) is 19.8. The number of likely N-dealkylation sites (N-methyl/N-ethyl adjacent to an activating group) is 1. The minimum absolute atomic E-state index is 0.279. The number of aromatic nitrogens is 2. The zero-order valence-corrected chi connectivity index (χ0v) is 24.0. The summed E-state index contributed by atoms with van der Waals surface area (Å²) in [7, 11) is 3.86. The average molecular weight is 551 g/mol. The number of nitrogens with zero attached hydrogens (tertiary/aromatic N) is 4. The number of fused-ring (bicyclic) bond motifs is 1. The summed E-state index contributed by atoms with van der Waals surface area (Å²) in [5.74, 6) is 0.934. The normalized spacial score (nSPS) is 11.0. The molecular formula is C32H34N6O3. The third-order valence-electron chi connectivity index (χ3n) is 6.34. The van der Waals surface area contributed by atoms with Gasteiger partial charge in [0.15, 0.2) is 0 Å². The van der Waals surface area contributed by atoms with Crippen LogP contribution in [-0.4, -0.2) is 48.0 Å². The lowest BCUT2D eigenvalue weighted by molar-refractivity contribution is -0.111. The van der Waals surface area contributed by atoms with Gasteiger partial charge in [0.05, 0.1) is 34.8 Å². The third-order valence-corrected chi connectivity index (χ3v) is 6.34. The van der Waals surface area contributed by atoms with E-state index < -0.39 is 0 Å². The van der Waals surface area contributed by atoms with Crippen LogP contribution in [-0.2, 0) is 11.4 Å². The highest BCUT2D eigenvalue weighted by Gasteiger charge is 2.16. The highest BCUT2D eigenvalue weighted by Crippen LogP contribution is 2.37. The maximum Gasteiger partial charge on any atom is 0.248 e. The predicted molar refractivity (Wildman–Crippen MR) is 162 cm³/mol. The second-order valence-electron chi connectivity index (χ2n) is 9.77. The Kier molecular flexibility index (Phi) is 9.51. The van der Waals surface area contributed by atoms with Gasteiger partial charge < -0.3 is 25.0 Å². The van der Waals surface area contributed by atoms with Crippen molar-refractivity contribution in [2.75, 3.05) is 37.9 Å². The van der Waals surface area contributed by atoms with E-state index in [1.165, 1.54) is 12.3 Å². The van der Waals surface area contributed by atoms with Crippen LogP contribution in [0.25, 0.3) is 10.9 Å². The number of carbonyl (C=O) groups excluding carboxylic acids is 1. The smallest absolute Gasteiger partial charge is 0.248 e. The molecule has 4 aromatic rings. The molecule has 9 heteroatoms. The molecule has 0 aliphatic heterocycles. The fraction of sp³-hybridized carbons (Fsp3) is 0.250. The van der Waals surface area contributed by atoms with Crippen LogP contribution in [0.15, 0.2) is 67.0 Å². The average Bonchev–Trinajstić information content (AvgIpc) is 2.94. The molecule has 0 saturated carbocycles. The minimum atomic E-state index is -0.279. The molecule has 0 aliphatic carbocycles. The quantitative estimate of drug-likeness (QED) is 0.222. The number of ether oxygens (including phenoxy) is 2. The lowest BCUT2D eigenvalue weighted by Gasteiger charge is -2.17. The Morgan fingerprint density at radius 1 is 1.07 bits per heavy atom. The molecular weight excluding hydrogens is 516 g/mol. The maximum absolute atomic E-state index is 12.7. The predicted octanol–water partition coefficient (Wildman–Crippen LogP) is 5.90. The zero-order valence-electron chi connectivity index (χ0n) is 24.0. The van der Waals surface area contributed by atoms with Crippen molar-refractivity contribution in [1.29, 1.82) is 5.26 Å². The van der Waals surface area contributed by atoms with Crippen LogP contribution in [0.3, 0.4) is 0 Å². The first kappa shape index (κ1) is 29.1. The Balaban J connectivity index is 1.65.